The number of halogens is 1. The number of pyridine rings is 1. The number of aromatic nitrogens is 1. The van der Waals surface area contributed by atoms with Crippen LogP contribution in [-0.2, 0) is 6.54 Å². The smallest absolute Gasteiger partial charge is 0.193 e. The van der Waals surface area contributed by atoms with E-state index in [1.807, 2.05) is 0 Å². The van der Waals surface area contributed by atoms with Crippen molar-refractivity contribution in [2.75, 3.05) is 0 Å². The molecule has 0 radical (unpaired) electrons. The standard InChI is InChI=1S/C10H9ClN2O/c11-8-3-1-2-7-9(8)13-5-6(4-12)10(7)14/h1-3,5H,4,12H2,(H,13,14). The summed E-state index contributed by atoms with van der Waals surface area (Å²) in [6.45, 7) is 0.234. The van der Waals surface area contributed by atoms with E-state index in [0.29, 0.717) is 21.5 Å². The minimum Gasteiger partial charge on any atom is -0.359 e. The van der Waals surface area contributed by atoms with Crippen LogP contribution in [0.2, 0.25) is 5.02 Å². The maximum Gasteiger partial charge on any atom is 0.193 e. The van der Waals surface area contributed by atoms with Crippen molar-refractivity contribution < 1.29 is 0 Å². The van der Waals surface area contributed by atoms with Crippen molar-refractivity contribution in [3.05, 3.63) is 45.2 Å². The van der Waals surface area contributed by atoms with E-state index in [0.717, 1.165) is 0 Å². The Labute approximate surface area is 85.5 Å². The predicted molar refractivity (Wildman–Crippen MR) is 57.5 cm³/mol. The molecule has 0 saturated carbocycles. The molecule has 3 N–H and O–H groups in total. The lowest BCUT2D eigenvalue weighted by molar-refractivity contribution is 1.04. The van der Waals surface area contributed by atoms with E-state index in [1.165, 1.54) is 0 Å². The molecule has 1 heterocycles. The van der Waals surface area contributed by atoms with Gasteiger partial charge in [0.25, 0.3) is 0 Å². The molecule has 0 fully saturated rings. The molecule has 14 heavy (non-hydrogen) atoms. The summed E-state index contributed by atoms with van der Waals surface area (Å²) in [5.74, 6) is 0. The molecule has 0 bridgehead atoms. The van der Waals surface area contributed by atoms with Crippen LogP contribution in [0.4, 0.5) is 0 Å². The quantitative estimate of drug-likeness (QED) is 0.749. The first-order valence-electron chi connectivity index (χ1n) is 4.23. The Kier molecular flexibility index (Phi) is 2.27. The summed E-state index contributed by atoms with van der Waals surface area (Å²) in [6.07, 6.45) is 1.61. The summed E-state index contributed by atoms with van der Waals surface area (Å²) in [5, 5.41) is 1.13. The van der Waals surface area contributed by atoms with Gasteiger partial charge in [-0.2, -0.15) is 0 Å². The van der Waals surface area contributed by atoms with Crippen LogP contribution in [0.3, 0.4) is 0 Å². The molecule has 0 atom stereocenters. The molecule has 2 aromatic rings. The van der Waals surface area contributed by atoms with Crippen LogP contribution in [0.15, 0.2) is 29.2 Å². The lowest BCUT2D eigenvalue weighted by Crippen LogP contribution is -2.13. The fourth-order valence-electron chi connectivity index (χ4n) is 1.41. The van der Waals surface area contributed by atoms with Gasteiger partial charge in [0.15, 0.2) is 5.43 Å². The van der Waals surface area contributed by atoms with Gasteiger partial charge in [0.1, 0.15) is 0 Å². The van der Waals surface area contributed by atoms with Crippen molar-refractivity contribution in [3.8, 4) is 0 Å². The van der Waals surface area contributed by atoms with Gasteiger partial charge in [0, 0.05) is 23.7 Å². The molecule has 1 aromatic carbocycles. The average Bonchev–Trinajstić information content (AvgIpc) is 2.20. The van der Waals surface area contributed by atoms with E-state index in [9.17, 15) is 4.79 Å². The number of benzene rings is 1. The molecule has 0 unspecified atom stereocenters. The number of aromatic amines is 1. The molecule has 2 rings (SSSR count). The molecule has 3 nitrogen and oxygen atoms in total. The molecular formula is C10H9ClN2O. The van der Waals surface area contributed by atoms with Crippen LogP contribution in [0.5, 0.6) is 0 Å². The summed E-state index contributed by atoms with van der Waals surface area (Å²) >= 11 is 5.92. The normalized spacial score (nSPS) is 10.7. The summed E-state index contributed by atoms with van der Waals surface area (Å²) in [6, 6.07) is 5.22. The third-order valence-electron chi connectivity index (χ3n) is 2.16. The van der Waals surface area contributed by atoms with Crippen molar-refractivity contribution in [3.63, 3.8) is 0 Å². The van der Waals surface area contributed by atoms with Crippen LogP contribution in [0.1, 0.15) is 5.56 Å². The maximum atomic E-state index is 11.8. The highest BCUT2D eigenvalue weighted by Gasteiger charge is 2.05. The number of para-hydroxylation sites is 1. The zero-order valence-electron chi connectivity index (χ0n) is 7.38. The topological polar surface area (TPSA) is 58.9 Å². The number of H-pyrrole nitrogens is 1. The summed E-state index contributed by atoms with van der Waals surface area (Å²) < 4.78 is 0. The Morgan fingerprint density at radius 3 is 2.93 bits per heavy atom. The van der Waals surface area contributed by atoms with E-state index in [1.54, 1.807) is 24.4 Å². The Balaban J connectivity index is 2.91. The van der Waals surface area contributed by atoms with Gasteiger partial charge < -0.3 is 10.7 Å². The highest BCUT2D eigenvalue weighted by atomic mass is 35.5. The molecular weight excluding hydrogens is 200 g/mol. The molecule has 72 valence electrons. The third-order valence-corrected chi connectivity index (χ3v) is 2.48. The summed E-state index contributed by atoms with van der Waals surface area (Å²) in [7, 11) is 0. The minimum absolute atomic E-state index is 0.0521. The van der Waals surface area contributed by atoms with Gasteiger partial charge in [-0.15, -0.1) is 0 Å². The molecule has 1 aromatic heterocycles. The largest absolute Gasteiger partial charge is 0.359 e. The highest BCUT2D eigenvalue weighted by Crippen LogP contribution is 2.18. The first-order chi connectivity index (χ1) is 6.74. The second-order valence-electron chi connectivity index (χ2n) is 3.01. The Morgan fingerprint density at radius 2 is 2.21 bits per heavy atom. The Bertz CT molecular complexity index is 533. The number of fused-ring (bicyclic) bond motifs is 1. The Hall–Kier alpha value is -1.32. The number of hydrogen-bond acceptors (Lipinski definition) is 2. The zero-order valence-corrected chi connectivity index (χ0v) is 8.14. The van der Waals surface area contributed by atoms with Crippen molar-refractivity contribution in [2.45, 2.75) is 6.54 Å². The third kappa shape index (κ3) is 1.31. The van der Waals surface area contributed by atoms with Gasteiger partial charge in [-0.3, -0.25) is 4.79 Å². The lowest BCUT2D eigenvalue weighted by atomic mass is 10.1. The van der Waals surface area contributed by atoms with E-state index < -0.39 is 0 Å². The van der Waals surface area contributed by atoms with Crippen LogP contribution >= 0.6 is 11.6 Å². The van der Waals surface area contributed by atoms with E-state index >= 15 is 0 Å². The van der Waals surface area contributed by atoms with E-state index in [4.69, 9.17) is 17.3 Å². The second kappa shape index (κ2) is 3.44. The van der Waals surface area contributed by atoms with E-state index in [-0.39, 0.29) is 12.0 Å². The summed E-state index contributed by atoms with van der Waals surface area (Å²) in [5.41, 5.74) is 6.61. The fraction of sp³-hybridized carbons (Fsp3) is 0.100. The SMILES string of the molecule is NCc1c[nH]c2c(Cl)cccc2c1=O. The molecule has 0 aliphatic heterocycles. The van der Waals surface area contributed by atoms with Gasteiger partial charge in [0.2, 0.25) is 0 Å². The fourth-order valence-corrected chi connectivity index (χ4v) is 1.64. The van der Waals surface area contributed by atoms with Crippen LogP contribution in [0.25, 0.3) is 10.9 Å². The summed E-state index contributed by atoms with van der Waals surface area (Å²) in [4.78, 5) is 14.7. The minimum atomic E-state index is -0.0521. The molecule has 4 heteroatoms. The van der Waals surface area contributed by atoms with Crippen LogP contribution < -0.4 is 11.2 Å². The number of nitrogens with one attached hydrogen (secondary N) is 1. The first-order valence-corrected chi connectivity index (χ1v) is 4.60. The van der Waals surface area contributed by atoms with Crippen LogP contribution in [-0.4, -0.2) is 4.98 Å². The van der Waals surface area contributed by atoms with Crippen molar-refractivity contribution in [1.29, 1.82) is 0 Å². The monoisotopic (exact) mass is 208 g/mol. The maximum absolute atomic E-state index is 11.8. The van der Waals surface area contributed by atoms with Gasteiger partial charge in [0.05, 0.1) is 10.5 Å². The van der Waals surface area contributed by atoms with Crippen LogP contribution in [0, 0.1) is 0 Å². The van der Waals surface area contributed by atoms with Gasteiger partial charge in [-0.1, -0.05) is 17.7 Å². The molecule has 0 spiro atoms. The van der Waals surface area contributed by atoms with Crippen molar-refractivity contribution >= 4 is 22.5 Å². The molecule has 0 saturated heterocycles. The molecule has 0 aliphatic rings. The zero-order chi connectivity index (χ0) is 10.1. The molecule has 0 aliphatic carbocycles. The second-order valence-corrected chi connectivity index (χ2v) is 3.42. The molecule has 0 amide bonds. The van der Waals surface area contributed by atoms with Crippen molar-refractivity contribution in [2.24, 2.45) is 5.73 Å². The van der Waals surface area contributed by atoms with Gasteiger partial charge in [-0.25, -0.2) is 0 Å². The first kappa shape index (κ1) is 9.24. The number of hydrogen-bond donors (Lipinski definition) is 2. The lowest BCUT2D eigenvalue weighted by Gasteiger charge is -2.01. The average molecular weight is 209 g/mol. The van der Waals surface area contributed by atoms with Gasteiger partial charge in [-0.05, 0) is 12.1 Å². The highest BCUT2D eigenvalue weighted by molar-refractivity contribution is 6.34. The van der Waals surface area contributed by atoms with E-state index in [2.05, 4.69) is 4.98 Å². The number of rotatable bonds is 1. The predicted octanol–water partition coefficient (Wildman–Crippen LogP) is 1.64. The van der Waals surface area contributed by atoms with Gasteiger partial charge >= 0.3 is 0 Å². The Morgan fingerprint density at radius 1 is 1.43 bits per heavy atom. The van der Waals surface area contributed by atoms with Crippen molar-refractivity contribution in [1.82, 2.24) is 4.98 Å². The number of nitrogens with two attached hydrogens (primary N) is 1.